The molecule has 0 spiro atoms. The minimum Gasteiger partial charge on any atom is -0.459 e. The lowest BCUT2D eigenvalue weighted by Gasteiger charge is -2.10. The Labute approximate surface area is 151 Å². The summed E-state index contributed by atoms with van der Waals surface area (Å²) < 4.78 is 72.4. The molecular formula is C16H12F3NO4S2. The monoisotopic (exact) mass is 403 g/mol. The average molecular weight is 403 g/mol. The quantitative estimate of drug-likeness (QED) is 0.663. The minimum absolute atomic E-state index is 0.0888. The molecule has 0 aliphatic rings. The van der Waals surface area contributed by atoms with E-state index in [0.717, 1.165) is 29.1 Å². The van der Waals surface area contributed by atoms with Crippen molar-refractivity contribution in [3.8, 4) is 16.4 Å². The van der Waals surface area contributed by atoms with E-state index in [-0.39, 0.29) is 11.4 Å². The number of hydrogen-bond donors (Lipinski definition) is 1. The topological polar surface area (TPSA) is 68.5 Å². The molecule has 0 unspecified atom stereocenters. The van der Waals surface area contributed by atoms with Crippen LogP contribution in [0, 0.1) is 0 Å². The van der Waals surface area contributed by atoms with Crippen molar-refractivity contribution in [3.63, 3.8) is 0 Å². The Bertz CT molecular complexity index is 962. The zero-order valence-electron chi connectivity index (χ0n) is 13.0. The maximum absolute atomic E-state index is 12.2. The van der Waals surface area contributed by atoms with Crippen molar-refractivity contribution in [3.05, 3.63) is 59.7 Å². The summed E-state index contributed by atoms with van der Waals surface area (Å²) in [5.74, 6) is 0.542. The van der Waals surface area contributed by atoms with Crippen molar-refractivity contribution in [2.24, 2.45) is 0 Å². The number of benzene rings is 1. The summed E-state index contributed by atoms with van der Waals surface area (Å²) in [6.45, 7) is -0.0888. The number of rotatable bonds is 6. The van der Waals surface area contributed by atoms with E-state index >= 15 is 0 Å². The molecular weight excluding hydrogens is 391 g/mol. The third kappa shape index (κ3) is 4.65. The first kappa shape index (κ1) is 18.5. The van der Waals surface area contributed by atoms with Crippen molar-refractivity contribution < 1.29 is 30.7 Å². The van der Waals surface area contributed by atoms with E-state index in [1.807, 2.05) is 17.5 Å². The van der Waals surface area contributed by atoms with Gasteiger partial charge in [0.25, 0.3) is 0 Å². The smallest absolute Gasteiger partial charge is 0.459 e. The van der Waals surface area contributed by atoms with Crippen molar-refractivity contribution in [2.75, 3.05) is 0 Å². The van der Waals surface area contributed by atoms with Gasteiger partial charge in [-0.15, -0.1) is 24.5 Å². The number of nitrogens with one attached hydrogen (secondary N) is 1. The molecule has 5 nitrogen and oxygen atoms in total. The normalized spacial score (nSPS) is 12.3. The van der Waals surface area contributed by atoms with Gasteiger partial charge in [-0.25, -0.2) is 13.1 Å². The van der Waals surface area contributed by atoms with Crippen LogP contribution in [0.3, 0.4) is 0 Å². The Morgan fingerprint density at radius 1 is 1.08 bits per heavy atom. The summed E-state index contributed by atoms with van der Waals surface area (Å²) in [5, 5.41) is 1.90. The van der Waals surface area contributed by atoms with E-state index < -0.39 is 22.1 Å². The van der Waals surface area contributed by atoms with E-state index in [9.17, 15) is 21.6 Å². The van der Waals surface area contributed by atoms with Gasteiger partial charge in [0.2, 0.25) is 10.0 Å². The summed E-state index contributed by atoms with van der Waals surface area (Å²) in [7, 11) is -3.91. The van der Waals surface area contributed by atoms with E-state index in [1.54, 1.807) is 12.1 Å². The number of ether oxygens (including phenoxy) is 1. The van der Waals surface area contributed by atoms with Gasteiger partial charge in [-0.1, -0.05) is 6.07 Å². The Balaban J connectivity index is 1.65. The van der Waals surface area contributed by atoms with Gasteiger partial charge in [0.1, 0.15) is 17.3 Å². The van der Waals surface area contributed by atoms with Crippen LogP contribution in [-0.2, 0) is 16.6 Å². The van der Waals surface area contributed by atoms with Crippen LogP contribution < -0.4 is 9.46 Å². The molecule has 0 bridgehead atoms. The number of alkyl halides is 3. The predicted octanol–water partition coefficient (Wildman–Crippen LogP) is 4.39. The summed E-state index contributed by atoms with van der Waals surface area (Å²) >= 11 is 1.49. The largest absolute Gasteiger partial charge is 0.573 e. The van der Waals surface area contributed by atoms with Gasteiger partial charge in [-0.2, -0.15) is 0 Å². The van der Waals surface area contributed by atoms with Crippen molar-refractivity contribution in [1.82, 2.24) is 4.72 Å². The van der Waals surface area contributed by atoms with Crippen molar-refractivity contribution >= 4 is 21.4 Å². The number of thiophene rings is 1. The van der Waals surface area contributed by atoms with Crippen LogP contribution in [-0.4, -0.2) is 14.8 Å². The zero-order valence-corrected chi connectivity index (χ0v) is 14.6. The maximum Gasteiger partial charge on any atom is 0.573 e. The van der Waals surface area contributed by atoms with Crippen LogP contribution in [0.2, 0.25) is 0 Å². The number of hydrogen-bond acceptors (Lipinski definition) is 5. The molecule has 0 radical (unpaired) electrons. The average Bonchev–Trinajstić information content (AvgIpc) is 3.23. The molecule has 1 N–H and O–H groups in total. The standard InChI is InChI=1S/C16H12F3NO4S2/c17-16(18,19)24-11-3-6-13(7-4-11)26(21,22)20-10-12-5-8-14(23-12)15-2-1-9-25-15/h1-9,20H,10H2. The van der Waals surface area contributed by atoms with Gasteiger partial charge in [-0.05, 0) is 47.8 Å². The van der Waals surface area contributed by atoms with E-state index in [2.05, 4.69) is 9.46 Å². The molecule has 0 saturated carbocycles. The van der Waals surface area contributed by atoms with Crippen LogP contribution in [0.5, 0.6) is 5.75 Å². The fourth-order valence-corrected chi connectivity index (χ4v) is 3.77. The SMILES string of the molecule is O=S(=O)(NCc1ccc(-c2cccs2)o1)c1ccc(OC(F)(F)F)cc1. The van der Waals surface area contributed by atoms with Crippen molar-refractivity contribution in [2.45, 2.75) is 17.8 Å². The highest BCUT2D eigenvalue weighted by molar-refractivity contribution is 7.89. The van der Waals surface area contributed by atoms with Gasteiger partial charge in [-0.3, -0.25) is 0 Å². The lowest BCUT2D eigenvalue weighted by Crippen LogP contribution is -2.23. The minimum atomic E-state index is -4.84. The van der Waals surface area contributed by atoms with Crippen LogP contribution >= 0.6 is 11.3 Å². The van der Waals surface area contributed by atoms with Crippen LogP contribution in [0.4, 0.5) is 13.2 Å². The fraction of sp³-hybridized carbons (Fsp3) is 0.125. The highest BCUT2D eigenvalue weighted by atomic mass is 32.2. The summed E-state index contributed by atoms with van der Waals surface area (Å²) in [5.41, 5.74) is 0. The molecule has 3 aromatic rings. The molecule has 0 atom stereocenters. The van der Waals surface area contributed by atoms with Gasteiger partial charge >= 0.3 is 6.36 Å². The molecule has 2 heterocycles. The summed E-state index contributed by atoms with van der Waals surface area (Å²) in [6, 6.07) is 11.1. The van der Waals surface area contributed by atoms with Gasteiger partial charge < -0.3 is 9.15 Å². The van der Waals surface area contributed by atoms with E-state index in [1.165, 1.54) is 11.3 Å². The first-order valence-electron chi connectivity index (χ1n) is 7.21. The lowest BCUT2D eigenvalue weighted by atomic mass is 10.3. The van der Waals surface area contributed by atoms with Crippen LogP contribution in [0.25, 0.3) is 10.6 Å². The molecule has 1 aromatic carbocycles. The molecule has 10 heteroatoms. The predicted molar refractivity (Wildman–Crippen MR) is 89.2 cm³/mol. The molecule has 0 amide bonds. The molecule has 26 heavy (non-hydrogen) atoms. The lowest BCUT2D eigenvalue weighted by molar-refractivity contribution is -0.274. The third-order valence-corrected chi connectivity index (χ3v) is 5.53. The maximum atomic E-state index is 12.2. The summed E-state index contributed by atoms with van der Waals surface area (Å²) in [4.78, 5) is 0.733. The van der Waals surface area contributed by atoms with Crippen LogP contribution in [0.1, 0.15) is 5.76 Å². The van der Waals surface area contributed by atoms with Gasteiger partial charge in [0.15, 0.2) is 0 Å². The van der Waals surface area contributed by atoms with Gasteiger partial charge in [0.05, 0.1) is 16.3 Å². The second kappa shape index (κ2) is 7.14. The van der Waals surface area contributed by atoms with E-state index in [0.29, 0.717) is 11.5 Å². The Hall–Kier alpha value is -2.30. The zero-order chi connectivity index (χ0) is 18.8. The second-order valence-electron chi connectivity index (χ2n) is 5.09. The van der Waals surface area contributed by atoms with Crippen molar-refractivity contribution in [1.29, 1.82) is 0 Å². The van der Waals surface area contributed by atoms with E-state index in [4.69, 9.17) is 4.42 Å². The number of halogens is 3. The molecule has 0 aliphatic carbocycles. The molecule has 2 aromatic heterocycles. The second-order valence-corrected chi connectivity index (χ2v) is 7.80. The first-order valence-corrected chi connectivity index (χ1v) is 9.57. The van der Waals surface area contributed by atoms with Gasteiger partial charge in [0, 0.05) is 0 Å². The molecule has 138 valence electrons. The Morgan fingerprint density at radius 3 is 2.42 bits per heavy atom. The van der Waals surface area contributed by atoms with Crippen LogP contribution in [0.15, 0.2) is 63.2 Å². The fourth-order valence-electron chi connectivity index (χ4n) is 2.09. The number of sulfonamides is 1. The molecule has 0 aliphatic heterocycles. The third-order valence-electron chi connectivity index (χ3n) is 3.23. The first-order chi connectivity index (χ1) is 12.2. The molecule has 0 saturated heterocycles. The highest BCUT2D eigenvalue weighted by Crippen LogP contribution is 2.27. The number of furan rings is 1. The highest BCUT2D eigenvalue weighted by Gasteiger charge is 2.31. The molecule has 3 rings (SSSR count). The Kier molecular flexibility index (Phi) is 5.08. The molecule has 0 fully saturated rings. The Morgan fingerprint density at radius 2 is 1.81 bits per heavy atom. The summed E-state index contributed by atoms with van der Waals surface area (Å²) in [6.07, 6.45) is -4.84.